The Balaban J connectivity index is 1.90. The maximum Gasteiger partial charge on any atom is 0.0602 e. The van der Waals surface area contributed by atoms with E-state index < -0.39 is 0 Å². The molecule has 69 valence electrons. The van der Waals surface area contributed by atoms with Gasteiger partial charge >= 0.3 is 0 Å². The number of nitrogens with one attached hydrogen (secondary N) is 1. The van der Waals surface area contributed by atoms with Gasteiger partial charge < -0.3 is 5.32 Å². The van der Waals surface area contributed by atoms with E-state index in [9.17, 15) is 0 Å². The van der Waals surface area contributed by atoms with Crippen molar-refractivity contribution in [3.63, 3.8) is 0 Å². The van der Waals surface area contributed by atoms with Crippen LogP contribution in [0.3, 0.4) is 0 Å². The first-order valence-electron chi connectivity index (χ1n) is 5.12. The fourth-order valence-electron chi connectivity index (χ4n) is 1.83. The molecule has 1 heteroatoms. The fourth-order valence-corrected chi connectivity index (χ4v) is 1.83. The number of para-hydroxylation sites is 1. The summed E-state index contributed by atoms with van der Waals surface area (Å²) in [4.78, 5) is 0. The molecule has 1 nitrogen and oxygen atoms in total. The molecule has 0 aliphatic heterocycles. The van der Waals surface area contributed by atoms with Gasteiger partial charge in [0.1, 0.15) is 0 Å². The quantitative estimate of drug-likeness (QED) is 0.722. The number of rotatable bonds is 2. The fraction of sp³-hybridized carbons (Fsp3) is 0.417. The molecule has 1 aliphatic carbocycles. The molecule has 1 fully saturated rings. The lowest BCUT2D eigenvalue weighted by Gasteiger charge is -2.22. The summed E-state index contributed by atoms with van der Waals surface area (Å²) in [5, 5.41) is 3.50. The topological polar surface area (TPSA) is 12.0 Å². The minimum Gasteiger partial charge on any atom is -0.377 e. The van der Waals surface area contributed by atoms with Gasteiger partial charge in [0.2, 0.25) is 0 Å². The molecular weight excluding hydrogens is 158 g/mol. The zero-order valence-electron chi connectivity index (χ0n) is 7.92. The molecule has 0 saturated heterocycles. The van der Waals surface area contributed by atoms with Crippen molar-refractivity contribution in [1.29, 1.82) is 0 Å². The lowest BCUT2D eigenvalue weighted by atomic mass is 9.95. The van der Waals surface area contributed by atoms with E-state index in [1.807, 2.05) is 0 Å². The van der Waals surface area contributed by atoms with Gasteiger partial charge in [-0.25, -0.2) is 0 Å². The average molecular weight is 174 g/mol. The maximum absolute atomic E-state index is 3.50. The predicted molar refractivity (Wildman–Crippen MR) is 56.4 cm³/mol. The molecule has 1 aromatic rings. The van der Waals surface area contributed by atoms with Gasteiger partial charge in [-0.05, 0) is 25.0 Å². The Kier molecular flexibility index (Phi) is 2.86. The third kappa shape index (κ3) is 2.48. The zero-order valence-corrected chi connectivity index (χ0v) is 7.92. The van der Waals surface area contributed by atoms with Gasteiger partial charge in [0.25, 0.3) is 0 Å². The standard InChI is InChI=1S/C12H16N/c1-3-7-11(8-4-1)13-12-9-5-2-6-10-12/h1,3-4,7-8,13H,2,5-6,9-10H2. The van der Waals surface area contributed by atoms with Crippen molar-refractivity contribution in [2.24, 2.45) is 0 Å². The molecule has 1 aliphatic rings. The van der Waals surface area contributed by atoms with Crippen LogP contribution in [0.25, 0.3) is 0 Å². The van der Waals surface area contributed by atoms with Crippen molar-refractivity contribution in [2.75, 3.05) is 5.32 Å². The second-order valence-corrected chi connectivity index (χ2v) is 3.66. The smallest absolute Gasteiger partial charge is 0.0602 e. The summed E-state index contributed by atoms with van der Waals surface area (Å²) in [5.41, 5.74) is 1.24. The second kappa shape index (κ2) is 4.31. The first-order valence-corrected chi connectivity index (χ1v) is 5.12. The van der Waals surface area contributed by atoms with Crippen LogP contribution in [0, 0.1) is 6.04 Å². The Morgan fingerprint density at radius 2 is 1.54 bits per heavy atom. The van der Waals surface area contributed by atoms with E-state index in [0.29, 0.717) is 0 Å². The van der Waals surface area contributed by atoms with Crippen LogP contribution in [-0.4, -0.2) is 0 Å². The van der Waals surface area contributed by atoms with Gasteiger partial charge in [0.15, 0.2) is 0 Å². The minimum absolute atomic E-state index is 1.24. The molecule has 13 heavy (non-hydrogen) atoms. The van der Waals surface area contributed by atoms with Gasteiger partial charge in [0, 0.05) is 5.69 Å². The molecule has 0 aromatic heterocycles. The van der Waals surface area contributed by atoms with Crippen LogP contribution in [0.2, 0.25) is 0 Å². The van der Waals surface area contributed by atoms with Gasteiger partial charge in [-0.2, -0.15) is 0 Å². The van der Waals surface area contributed by atoms with E-state index in [-0.39, 0.29) is 0 Å². The summed E-state index contributed by atoms with van der Waals surface area (Å²) in [6.45, 7) is 0. The number of hydrogen-bond donors (Lipinski definition) is 1. The predicted octanol–water partition coefficient (Wildman–Crippen LogP) is 3.59. The molecule has 1 radical (unpaired) electrons. The van der Waals surface area contributed by atoms with Crippen LogP contribution in [-0.2, 0) is 0 Å². The molecule has 1 aromatic carbocycles. The molecule has 2 rings (SSSR count). The van der Waals surface area contributed by atoms with E-state index in [1.54, 1.807) is 0 Å². The molecule has 1 saturated carbocycles. The van der Waals surface area contributed by atoms with Gasteiger partial charge in [-0.1, -0.05) is 37.5 Å². The molecule has 0 bridgehead atoms. The minimum atomic E-state index is 1.24. The monoisotopic (exact) mass is 174 g/mol. The normalized spacial score (nSPS) is 18.5. The Hall–Kier alpha value is -0.980. The van der Waals surface area contributed by atoms with Crippen molar-refractivity contribution in [3.05, 3.63) is 36.4 Å². The molecule has 0 unspecified atom stereocenters. The van der Waals surface area contributed by atoms with E-state index in [1.165, 1.54) is 43.8 Å². The molecular formula is C12H16N. The van der Waals surface area contributed by atoms with E-state index in [2.05, 4.69) is 35.6 Å². The highest BCUT2D eigenvalue weighted by atomic mass is 14.9. The van der Waals surface area contributed by atoms with E-state index in [0.717, 1.165) is 0 Å². The van der Waals surface area contributed by atoms with Crippen molar-refractivity contribution < 1.29 is 0 Å². The first-order chi connectivity index (χ1) is 6.45. The van der Waals surface area contributed by atoms with E-state index >= 15 is 0 Å². The van der Waals surface area contributed by atoms with Crippen LogP contribution in [0.5, 0.6) is 0 Å². The molecule has 0 heterocycles. The number of anilines is 1. The van der Waals surface area contributed by atoms with E-state index in [4.69, 9.17) is 0 Å². The van der Waals surface area contributed by atoms with Crippen LogP contribution in [0.1, 0.15) is 32.1 Å². The van der Waals surface area contributed by atoms with Crippen LogP contribution in [0.15, 0.2) is 30.3 Å². The van der Waals surface area contributed by atoms with Crippen LogP contribution < -0.4 is 5.32 Å². The Morgan fingerprint density at radius 1 is 0.846 bits per heavy atom. The summed E-state index contributed by atoms with van der Waals surface area (Å²) >= 11 is 0. The summed E-state index contributed by atoms with van der Waals surface area (Å²) in [7, 11) is 0. The van der Waals surface area contributed by atoms with Crippen LogP contribution in [0.4, 0.5) is 5.69 Å². The molecule has 1 N–H and O–H groups in total. The zero-order chi connectivity index (χ0) is 8.93. The number of benzene rings is 1. The van der Waals surface area contributed by atoms with Crippen molar-refractivity contribution in [1.82, 2.24) is 0 Å². The largest absolute Gasteiger partial charge is 0.377 e. The summed E-state index contributed by atoms with van der Waals surface area (Å²) < 4.78 is 0. The Morgan fingerprint density at radius 3 is 2.23 bits per heavy atom. The Bertz CT molecular complexity index is 237. The highest BCUT2D eigenvalue weighted by Crippen LogP contribution is 2.26. The first kappa shape index (κ1) is 8.61. The SMILES string of the molecule is c1ccc(N[C]2CCCCC2)cc1. The molecule has 0 spiro atoms. The third-order valence-corrected chi connectivity index (χ3v) is 2.55. The summed E-state index contributed by atoms with van der Waals surface area (Å²) in [5.74, 6) is 0. The lowest BCUT2D eigenvalue weighted by Crippen LogP contribution is -2.13. The molecule has 0 amide bonds. The van der Waals surface area contributed by atoms with Crippen LogP contribution >= 0.6 is 0 Å². The Labute approximate surface area is 80.2 Å². The average Bonchev–Trinajstić information content (AvgIpc) is 2.21. The van der Waals surface area contributed by atoms with Gasteiger partial charge in [0.05, 0.1) is 6.04 Å². The highest BCUT2D eigenvalue weighted by molar-refractivity contribution is 5.46. The summed E-state index contributed by atoms with van der Waals surface area (Å²) in [6.07, 6.45) is 6.63. The second-order valence-electron chi connectivity index (χ2n) is 3.66. The van der Waals surface area contributed by atoms with Gasteiger partial charge in [-0.15, -0.1) is 0 Å². The maximum atomic E-state index is 3.50. The van der Waals surface area contributed by atoms with Gasteiger partial charge in [-0.3, -0.25) is 0 Å². The summed E-state index contributed by atoms with van der Waals surface area (Å²) in [6, 6.07) is 12.0. The van der Waals surface area contributed by atoms with Crippen molar-refractivity contribution >= 4 is 5.69 Å². The highest BCUT2D eigenvalue weighted by Gasteiger charge is 2.13. The number of hydrogen-bond acceptors (Lipinski definition) is 1. The molecule has 0 atom stereocenters. The third-order valence-electron chi connectivity index (χ3n) is 2.55. The van der Waals surface area contributed by atoms with Crippen molar-refractivity contribution in [2.45, 2.75) is 32.1 Å². The lowest BCUT2D eigenvalue weighted by molar-refractivity contribution is 0.544. The van der Waals surface area contributed by atoms with Crippen molar-refractivity contribution in [3.8, 4) is 0 Å².